The smallest absolute Gasteiger partial charge is 0.138 e. The monoisotopic (exact) mass is 269 g/mol. The second-order valence-electron chi connectivity index (χ2n) is 4.80. The number of aryl methyl sites for hydroxylation is 1. The fourth-order valence-corrected chi connectivity index (χ4v) is 3.79. The van der Waals surface area contributed by atoms with E-state index in [0.29, 0.717) is 0 Å². The van der Waals surface area contributed by atoms with Gasteiger partial charge >= 0.3 is 0 Å². The highest BCUT2D eigenvalue weighted by Crippen LogP contribution is 2.29. The lowest BCUT2D eigenvalue weighted by molar-refractivity contribution is 0.527. The molecule has 1 aromatic heterocycles. The fraction of sp³-hybridized carbons (Fsp3) is 0.833. The summed E-state index contributed by atoms with van der Waals surface area (Å²) in [5.41, 5.74) is 2.91. The molecule has 1 heterocycles. The van der Waals surface area contributed by atoms with E-state index in [1.54, 1.807) is 6.33 Å². The molecule has 0 bridgehead atoms. The van der Waals surface area contributed by atoms with Crippen LogP contribution in [0.1, 0.15) is 38.4 Å². The van der Waals surface area contributed by atoms with Gasteiger partial charge in [0, 0.05) is 30.0 Å². The van der Waals surface area contributed by atoms with Crippen LogP contribution in [0.4, 0.5) is 0 Å². The van der Waals surface area contributed by atoms with E-state index in [1.165, 1.54) is 25.7 Å². The van der Waals surface area contributed by atoms with Gasteiger partial charge in [0.25, 0.3) is 0 Å². The van der Waals surface area contributed by atoms with Gasteiger partial charge in [-0.3, -0.25) is 16.0 Å². The second-order valence-corrected chi connectivity index (χ2v) is 6.13. The lowest BCUT2D eigenvalue weighted by Crippen LogP contribution is -2.39. The molecule has 18 heavy (non-hydrogen) atoms. The van der Waals surface area contributed by atoms with Crippen molar-refractivity contribution in [1.82, 2.24) is 20.2 Å². The molecule has 6 heteroatoms. The number of nitrogens with zero attached hydrogens (tertiary/aromatic N) is 3. The van der Waals surface area contributed by atoms with Crippen LogP contribution in [-0.4, -0.2) is 31.8 Å². The van der Waals surface area contributed by atoms with E-state index in [0.717, 1.165) is 29.8 Å². The van der Waals surface area contributed by atoms with E-state index in [4.69, 9.17) is 5.84 Å². The number of rotatable bonds is 7. The Morgan fingerprint density at radius 1 is 1.56 bits per heavy atom. The first-order valence-electron chi connectivity index (χ1n) is 6.78. The van der Waals surface area contributed by atoms with Crippen LogP contribution in [0.3, 0.4) is 0 Å². The maximum absolute atomic E-state index is 5.64. The van der Waals surface area contributed by atoms with E-state index in [1.807, 2.05) is 4.68 Å². The van der Waals surface area contributed by atoms with E-state index < -0.39 is 0 Å². The molecule has 0 amide bonds. The quantitative estimate of drug-likeness (QED) is 0.577. The van der Waals surface area contributed by atoms with Gasteiger partial charge in [0.15, 0.2) is 0 Å². The molecule has 1 saturated carbocycles. The van der Waals surface area contributed by atoms with Gasteiger partial charge < -0.3 is 0 Å². The Hall–Kier alpha value is -0.590. The molecule has 1 aliphatic carbocycles. The van der Waals surface area contributed by atoms with Crippen LogP contribution in [0.5, 0.6) is 0 Å². The summed E-state index contributed by atoms with van der Waals surface area (Å²) in [6.45, 7) is 2.94. The molecule has 1 aromatic rings. The van der Waals surface area contributed by atoms with Crippen LogP contribution < -0.4 is 11.3 Å². The number of nitrogens with one attached hydrogen (secondary N) is 1. The first-order valence-corrected chi connectivity index (χ1v) is 7.82. The first-order chi connectivity index (χ1) is 8.83. The number of nitrogens with two attached hydrogens (primary N) is 1. The van der Waals surface area contributed by atoms with Crippen molar-refractivity contribution in [2.45, 2.75) is 56.9 Å². The summed E-state index contributed by atoms with van der Waals surface area (Å²) in [5, 5.41) is 5.03. The number of hydrogen-bond acceptors (Lipinski definition) is 5. The van der Waals surface area contributed by atoms with Crippen molar-refractivity contribution in [3.63, 3.8) is 0 Å². The van der Waals surface area contributed by atoms with Crippen LogP contribution in [0.15, 0.2) is 6.33 Å². The minimum absolute atomic E-state index is 0.282. The summed E-state index contributed by atoms with van der Waals surface area (Å²) in [7, 11) is 0. The highest BCUT2D eigenvalue weighted by atomic mass is 32.2. The van der Waals surface area contributed by atoms with Crippen LogP contribution in [-0.2, 0) is 13.0 Å². The van der Waals surface area contributed by atoms with Crippen LogP contribution in [0.25, 0.3) is 0 Å². The summed E-state index contributed by atoms with van der Waals surface area (Å²) in [6.07, 6.45) is 7.99. The molecule has 1 aliphatic rings. The molecule has 2 rings (SSSR count). The van der Waals surface area contributed by atoms with Crippen molar-refractivity contribution in [2.75, 3.05) is 5.75 Å². The molecule has 1 atom stereocenters. The molecule has 0 aliphatic heterocycles. The zero-order chi connectivity index (χ0) is 12.8. The largest absolute Gasteiger partial charge is 0.271 e. The molecule has 1 fully saturated rings. The van der Waals surface area contributed by atoms with Gasteiger partial charge in [-0.25, -0.2) is 4.98 Å². The maximum atomic E-state index is 5.64. The van der Waals surface area contributed by atoms with Gasteiger partial charge in [-0.1, -0.05) is 12.8 Å². The molecule has 0 saturated heterocycles. The van der Waals surface area contributed by atoms with Gasteiger partial charge in [-0.15, -0.1) is 0 Å². The molecule has 0 aromatic carbocycles. The molecule has 3 N–H and O–H groups in total. The lowest BCUT2D eigenvalue weighted by Gasteiger charge is -2.17. The Morgan fingerprint density at radius 3 is 3.00 bits per heavy atom. The highest BCUT2D eigenvalue weighted by Gasteiger charge is 2.18. The molecule has 0 spiro atoms. The Balaban J connectivity index is 1.81. The van der Waals surface area contributed by atoms with Crippen molar-refractivity contribution in [2.24, 2.45) is 5.84 Å². The lowest BCUT2D eigenvalue weighted by atomic mass is 10.2. The first kappa shape index (κ1) is 13.8. The van der Waals surface area contributed by atoms with Crippen LogP contribution >= 0.6 is 11.8 Å². The molecule has 102 valence electrons. The zero-order valence-corrected chi connectivity index (χ0v) is 11.8. The van der Waals surface area contributed by atoms with Crippen molar-refractivity contribution in [3.8, 4) is 0 Å². The molecule has 5 nitrogen and oxygen atoms in total. The summed E-state index contributed by atoms with van der Waals surface area (Å²) in [6, 6.07) is 0.282. The second kappa shape index (κ2) is 7.11. The van der Waals surface area contributed by atoms with Gasteiger partial charge in [0.2, 0.25) is 0 Å². The minimum atomic E-state index is 0.282. The van der Waals surface area contributed by atoms with Crippen LogP contribution in [0, 0.1) is 0 Å². The fourth-order valence-electron chi connectivity index (χ4n) is 2.40. The summed E-state index contributed by atoms with van der Waals surface area (Å²) in [4.78, 5) is 4.30. The Bertz CT molecular complexity index is 348. The molecular weight excluding hydrogens is 246 g/mol. The standard InChI is InChI=1S/C12H23N5S/c1-2-17-12(14-9-15-17)7-10(16-13)8-18-11-5-3-4-6-11/h9-11,16H,2-8,13H2,1H3. The maximum Gasteiger partial charge on any atom is 0.138 e. The zero-order valence-electron chi connectivity index (χ0n) is 11.0. The summed E-state index contributed by atoms with van der Waals surface area (Å²) < 4.78 is 1.94. The normalized spacial score (nSPS) is 18.3. The molecular formula is C12H23N5S. The molecule has 0 radical (unpaired) electrons. The van der Waals surface area contributed by atoms with Crippen LogP contribution in [0.2, 0.25) is 0 Å². The van der Waals surface area contributed by atoms with Crippen molar-refractivity contribution in [1.29, 1.82) is 0 Å². The predicted molar refractivity (Wildman–Crippen MR) is 75.2 cm³/mol. The predicted octanol–water partition coefficient (Wildman–Crippen LogP) is 1.35. The SMILES string of the molecule is CCn1ncnc1CC(CSC1CCCC1)NN. The van der Waals surface area contributed by atoms with Gasteiger partial charge in [-0.05, 0) is 19.8 Å². The van der Waals surface area contributed by atoms with Gasteiger partial charge in [-0.2, -0.15) is 16.9 Å². The third-order valence-corrected chi connectivity index (χ3v) is 5.03. The van der Waals surface area contributed by atoms with Gasteiger partial charge in [0.1, 0.15) is 12.2 Å². The minimum Gasteiger partial charge on any atom is -0.271 e. The van der Waals surface area contributed by atoms with E-state index in [9.17, 15) is 0 Å². The summed E-state index contributed by atoms with van der Waals surface area (Å²) in [5.74, 6) is 7.72. The average Bonchev–Trinajstić information content (AvgIpc) is 3.05. The number of hydrogen-bond donors (Lipinski definition) is 2. The van der Waals surface area contributed by atoms with E-state index in [-0.39, 0.29) is 6.04 Å². The highest BCUT2D eigenvalue weighted by molar-refractivity contribution is 7.99. The topological polar surface area (TPSA) is 68.8 Å². The Labute approximate surface area is 113 Å². The number of hydrazine groups is 1. The average molecular weight is 269 g/mol. The van der Waals surface area contributed by atoms with Crippen molar-refractivity contribution >= 4 is 11.8 Å². The van der Waals surface area contributed by atoms with Crippen molar-refractivity contribution in [3.05, 3.63) is 12.2 Å². The number of aromatic nitrogens is 3. The Kier molecular flexibility index (Phi) is 5.46. The van der Waals surface area contributed by atoms with E-state index >= 15 is 0 Å². The number of thioether (sulfide) groups is 1. The Morgan fingerprint density at radius 2 is 2.33 bits per heavy atom. The molecule has 1 unspecified atom stereocenters. The summed E-state index contributed by atoms with van der Waals surface area (Å²) >= 11 is 2.05. The van der Waals surface area contributed by atoms with Crippen molar-refractivity contribution < 1.29 is 0 Å². The van der Waals surface area contributed by atoms with E-state index in [2.05, 4.69) is 34.2 Å². The third-order valence-electron chi connectivity index (χ3n) is 3.50. The third kappa shape index (κ3) is 3.70. The van der Waals surface area contributed by atoms with Gasteiger partial charge in [0.05, 0.1) is 0 Å².